The number of rotatable bonds is 3. The molecule has 0 aromatic heterocycles. The standard InChI is InChI=1S/C9H16BO4P.C2H6O.BHO/c1-2-9(6-7-15(11,12)13)5-3-4-8(10)14-9;1-3-2;1-2/h6-8H,2-5H2,1H3,(H2,11,12,13);1-2H3;2H/b7-6+;;/t8?,9-;;/m0../s1. The Morgan fingerprint density at radius 2 is 1.95 bits per heavy atom. The molecule has 1 heterocycles. The summed E-state index contributed by atoms with van der Waals surface area (Å²) in [6, 6.07) is -0.333. The van der Waals surface area contributed by atoms with E-state index >= 15 is 0 Å². The van der Waals surface area contributed by atoms with Crippen LogP contribution in [0.5, 0.6) is 0 Å². The molecule has 0 bridgehead atoms. The number of hydrogen-bond donors (Lipinski definition) is 3. The maximum Gasteiger partial charge on any atom is 0.348 e. The van der Waals surface area contributed by atoms with Crippen molar-refractivity contribution in [1.29, 1.82) is 0 Å². The summed E-state index contributed by atoms with van der Waals surface area (Å²) in [4.78, 5) is 17.5. The second kappa shape index (κ2) is 11.5. The van der Waals surface area contributed by atoms with Crippen molar-refractivity contribution < 1.29 is 28.8 Å². The van der Waals surface area contributed by atoms with E-state index in [2.05, 4.69) is 12.8 Å². The van der Waals surface area contributed by atoms with Gasteiger partial charge in [-0.1, -0.05) is 6.92 Å². The predicted octanol–water partition coefficient (Wildman–Crippen LogP) is 0.847. The molecule has 2 atom stereocenters. The van der Waals surface area contributed by atoms with E-state index in [1.54, 1.807) is 14.2 Å². The molecule has 0 spiro atoms. The van der Waals surface area contributed by atoms with Crippen LogP contribution < -0.4 is 0 Å². The molecule has 1 aliphatic rings. The average Bonchev–Trinajstić information content (AvgIpc) is 2.39. The Bertz CT molecular complexity index is 309. The summed E-state index contributed by atoms with van der Waals surface area (Å²) in [5.74, 6) is 0.911. The zero-order valence-corrected chi connectivity index (χ0v) is 13.1. The van der Waals surface area contributed by atoms with E-state index in [-0.39, 0.29) is 6.00 Å². The van der Waals surface area contributed by atoms with Crippen molar-refractivity contribution in [3.05, 3.63) is 11.9 Å². The molecule has 1 unspecified atom stereocenters. The van der Waals surface area contributed by atoms with Crippen LogP contribution in [0.1, 0.15) is 32.6 Å². The summed E-state index contributed by atoms with van der Waals surface area (Å²) < 4.78 is 20.6. The van der Waals surface area contributed by atoms with E-state index in [0.29, 0.717) is 6.42 Å². The molecule has 114 valence electrons. The number of ether oxygens (including phenoxy) is 2. The van der Waals surface area contributed by atoms with Crippen molar-refractivity contribution in [2.45, 2.75) is 44.2 Å². The molecule has 1 aliphatic heterocycles. The Morgan fingerprint density at radius 1 is 1.45 bits per heavy atom. The first-order valence-electron chi connectivity index (χ1n) is 6.13. The molecule has 20 heavy (non-hydrogen) atoms. The van der Waals surface area contributed by atoms with Crippen LogP contribution in [0.15, 0.2) is 11.9 Å². The Morgan fingerprint density at radius 3 is 2.30 bits per heavy atom. The fourth-order valence-electron chi connectivity index (χ4n) is 1.76. The lowest BCUT2D eigenvalue weighted by Gasteiger charge is -2.38. The van der Waals surface area contributed by atoms with E-state index in [9.17, 15) is 4.57 Å². The second-order valence-electron chi connectivity index (χ2n) is 4.28. The summed E-state index contributed by atoms with van der Waals surface area (Å²) in [7, 11) is 8.32. The maximum atomic E-state index is 10.7. The van der Waals surface area contributed by atoms with Gasteiger partial charge in [0.1, 0.15) is 7.85 Å². The minimum atomic E-state index is -4.11. The molecule has 1 rings (SSSR count). The van der Waals surface area contributed by atoms with Crippen molar-refractivity contribution in [3.63, 3.8) is 0 Å². The first-order valence-corrected chi connectivity index (χ1v) is 7.81. The van der Waals surface area contributed by atoms with Crippen LogP contribution in [0.25, 0.3) is 0 Å². The zero-order valence-electron chi connectivity index (χ0n) is 12.2. The lowest BCUT2D eigenvalue weighted by atomic mass is 9.83. The Hall–Kier alpha value is -0.100. The molecular formula is C11H23B2O6P. The topological polar surface area (TPSA) is 96.2 Å². The van der Waals surface area contributed by atoms with E-state index in [1.807, 2.05) is 6.92 Å². The van der Waals surface area contributed by atoms with Gasteiger partial charge in [0.2, 0.25) is 0 Å². The van der Waals surface area contributed by atoms with Crippen molar-refractivity contribution in [2.24, 2.45) is 0 Å². The molecule has 0 saturated carbocycles. The SMILES string of the molecule is COC.[B]C1CCC[C@](/C=C/P(=O)(O)O)(CC)O1.[B]O. The first-order chi connectivity index (χ1) is 9.28. The van der Waals surface area contributed by atoms with E-state index in [1.165, 1.54) is 6.08 Å². The molecule has 1 saturated heterocycles. The largest absolute Gasteiger partial charge is 0.461 e. The third kappa shape index (κ3) is 10.7. The number of methoxy groups -OCH3 is 1. The highest BCUT2D eigenvalue weighted by atomic mass is 31.2. The quantitative estimate of drug-likeness (QED) is 0.528. The van der Waals surface area contributed by atoms with E-state index < -0.39 is 13.2 Å². The Kier molecular flexibility index (Phi) is 12.8. The van der Waals surface area contributed by atoms with Gasteiger partial charge in [-0.15, -0.1) is 0 Å². The molecule has 0 aromatic carbocycles. The van der Waals surface area contributed by atoms with E-state index in [0.717, 1.165) is 25.1 Å². The summed E-state index contributed by atoms with van der Waals surface area (Å²) in [6.45, 7) is 1.92. The van der Waals surface area contributed by atoms with Gasteiger partial charge in [-0.25, -0.2) is 0 Å². The van der Waals surface area contributed by atoms with Gasteiger partial charge in [0.25, 0.3) is 8.05 Å². The van der Waals surface area contributed by atoms with Crippen LogP contribution in [0.3, 0.4) is 0 Å². The van der Waals surface area contributed by atoms with Gasteiger partial charge < -0.3 is 24.3 Å². The zero-order chi connectivity index (χ0) is 16.2. The summed E-state index contributed by atoms with van der Waals surface area (Å²) in [6.07, 6.45) is 4.60. The molecule has 0 amide bonds. The van der Waals surface area contributed by atoms with Crippen LogP contribution >= 0.6 is 7.60 Å². The van der Waals surface area contributed by atoms with Crippen molar-refractivity contribution >= 4 is 23.5 Å². The highest BCUT2D eigenvalue weighted by molar-refractivity contribution is 7.55. The predicted molar refractivity (Wildman–Crippen MR) is 79.6 cm³/mol. The minimum Gasteiger partial charge on any atom is -0.461 e. The third-order valence-corrected chi connectivity index (χ3v) is 3.18. The van der Waals surface area contributed by atoms with Crippen molar-refractivity contribution in [1.82, 2.24) is 0 Å². The van der Waals surface area contributed by atoms with Gasteiger partial charge in [0.05, 0.1) is 5.60 Å². The lowest BCUT2D eigenvalue weighted by Crippen LogP contribution is -2.38. The summed E-state index contributed by atoms with van der Waals surface area (Å²) >= 11 is 0. The normalized spacial score (nSPS) is 26.2. The third-order valence-electron chi connectivity index (χ3n) is 2.65. The van der Waals surface area contributed by atoms with Gasteiger partial charge in [-0.3, -0.25) is 4.57 Å². The second-order valence-corrected chi connectivity index (χ2v) is 5.76. The molecule has 9 heteroatoms. The smallest absolute Gasteiger partial charge is 0.348 e. The van der Waals surface area contributed by atoms with Crippen LogP contribution in [0.4, 0.5) is 0 Å². The van der Waals surface area contributed by atoms with Crippen molar-refractivity contribution in [2.75, 3.05) is 14.2 Å². The molecular weight excluding hydrogens is 281 g/mol. The van der Waals surface area contributed by atoms with Crippen LogP contribution in [-0.4, -0.2) is 56.5 Å². The monoisotopic (exact) mass is 304 g/mol. The molecule has 1 fully saturated rings. The van der Waals surface area contributed by atoms with Gasteiger partial charge in [-0.05, 0) is 31.8 Å². The fraction of sp³-hybridized carbons (Fsp3) is 0.818. The molecule has 0 aromatic rings. The van der Waals surface area contributed by atoms with Crippen LogP contribution in [0, 0.1) is 0 Å². The molecule has 3 N–H and O–H groups in total. The highest BCUT2D eigenvalue weighted by Crippen LogP contribution is 2.40. The average molecular weight is 304 g/mol. The molecule has 6 nitrogen and oxygen atoms in total. The summed E-state index contributed by atoms with van der Waals surface area (Å²) in [5.41, 5.74) is -0.598. The van der Waals surface area contributed by atoms with Crippen molar-refractivity contribution in [3.8, 4) is 0 Å². The van der Waals surface area contributed by atoms with Gasteiger partial charge in [0, 0.05) is 26.0 Å². The number of hydrogen-bond acceptors (Lipinski definition) is 4. The first kappa shape index (κ1) is 22.2. The Balaban J connectivity index is 0. The van der Waals surface area contributed by atoms with Crippen LogP contribution in [0.2, 0.25) is 0 Å². The maximum absolute atomic E-state index is 10.7. The molecule has 4 radical (unpaired) electrons. The Labute approximate surface area is 123 Å². The lowest BCUT2D eigenvalue weighted by molar-refractivity contribution is -0.0658. The van der Waals surface area contributed by atoms with E-state index in [4.69, 9.17) is 27.4 Å². The van der Waals surface area contributed by atoms with Gasteiger partial charge in [0.15, 0.2) is 0 Å². The fourth-order valence-corrected chi connectivity index (χ4v) is 2.22. The van der Waals surface area contributed by atoms with Gasteiger partial charge in [-0.2, -0.15) is 0 Å². The summed E-state index contributed by atoms with van der Waals surface area (Å²) in [5, 5.41) is 6.50. The van der Waals surface area contributed by atoms with Gasteiger partial charge >= 0.3 is 7.60 Å². The highest BCUT2D eigenvalue weighted by Gasteiger charge is 2.32. The molecule has 0 aliphatic carbocycles. The minimum absolute atomic E-state index is 0.333. The van der Waals surface area contributed by atoms with Crippen LogP contribution in [-0.2, 0) is 14.0 Å².